The number of rotatable bonds is 6. The number of carboxylic acids is 1. The fourth-order valence-corrected chi connectivity index (χ4v) is 1.72. The molecule has 0 aromatic carbocycles. The van der Waals surface area contributed by atoms with E-state index in [0.29, 0.717) is 0 Å². The van der Waals surface area contributed by atoms with E-state index in [-0.39, 0.29) is 12.3 Å². The van der Waals surface area contributed by atoms with Gasteiger partial charge in [-0.1, -0.05) is 13.8 Å². The van der Waals surface area contributed by atoms with E-state index >= 15 is 0 Å². The van der Waals surface area contributed by atoms with Crippen LogP contribution in [0.3, 0.4) is 0 Å². The molecule has 2 N–H and O–H groups in total. The highest BCUT2D eigenvalue weighted by molar-refractivity contribution is 7.90. The summed E-state index contributed by atoms with van der Waals surface area (Å²) in [5.74, 6) is -2.57. The molecule has 5 nitrogen and oxygen atoms in total. The molecule has 0 heterocycles. The van der Waals surface area contributed by atoms with Crippen LogP contribution in [-0.2, 0) is 14.8 Å². The summed E-state index contributed by atoms with van der Waals surface area (Å²) in [6.45, 7) is 2.61. The van der Waals surface area contributed by atoms with Crippen LogP contribution in [0, 0.1) is 11.8 Å². The van der Waals surface area contributed by atoms with Crippen LogP contribution in [-0.4, -0.2) is 31.5 Å². The zero-order valence-corrected chi connectivity index (χ0v) is 10.1. The Bertz CT molecular complexity index is 363. The van der Waals surface area contributed by atoms with Crippen molar-refractivity contribution < 1.29 is 31.5 Å². The molecule has 0 aromatic heterocycles. The lowest BCUT2D eigenvalue weighted by atomic mass is 9.98. The first-order chi connectivity index (χ1) is 7.47. The molecule has 0 spiro atoms. The summed E-state index contributed by atoms with van der Waals surface area (Å²) in [7, 11) is -5.48. The summed E-state index contributed by atoms with van der Waals surface area (Å²) in [5.41, 5.74) is -5.42. The fraction of sp³-hybridized carbons (Fsp3) is 0.875. The summed E-state index contributed by atoms with van der Waals surface area (Å²) in [4.78, 5) is 10.7. The van der Waals surface area contributed by atoms with E-state index in [1.165, 1.54) is 4.72 Å². The molecule has 0 aliphatic rings. The van der Waals surface area contributed by atoms with E-state index in [9.17, 15) is 26.4 Å². The number of alkyl halides is 3. The molecule has 1 atom stereocenters. The van der Waals surface area contributed by atoms with Crippen LogP contribution < -0.4 is 4.72 Å². The second kappa shape index (κ2) is 5.67. The molecule has 0 aliphatic carbocycles. The summed E-state index contributed by atoms with van der Waals surface area (Å²) in [5, 5.41) is 8.71. The maximum absolute atomic E-state index is 11.9. The molecule has 1 unspecified atom stereocenters. The van der Waals surface area contributed by atoms with Crippen LogP contribution >= 0.6 is 0 Å². The Morgan fingerprint density at radius 3 is 2.12 bits per heavy atom. The molecule has 0 radical (unpaired) electrons. The van der Waals surface area contributed by atoms with Crippen molar-refractivity contribution in [3.63, 3.8) is 0 Å². The van der Waals surface area contributed by atoms with E-state index in [0.717, 1.165) is 0 Å². The summed E-state index contributed by atoms with van der Waals surface area (Å²) >= 11 is 0. The molecule has 0 aromatic rings. The minimum Gasteiger partial charge on any atom is -0.481 e. The SMILES string of the molecule is CC(C)CC(CNS(=O)(=O)C(F)(F)F)C(=O)O. The first kappa shape index (κ1) is 16.2. The van der Waals surface area contributed by atoms with Gasteiger partial charge >= 0.3 is 21.5 Å². The number of halogens is 3. The van der Waals surface area contributed by atoms with Crippen molar-refractivity contribution in [1.29, 1.82) is 0 Å². The highest BCUT2D eigenvalue weighted by Crippen LogP contribution is 2.22. The Hall–Kier alpha value is -0.830. The van der Waals surface area contributed by atoms with Gasteiger partial charge in [0.1, 0.15) is 0 Å². The fourth-order valence-electron chi connectivity index (χ4n) is 1.13. The average molecular weight is 277 g/mol. The zero-order valence-electron chi connectivity index (χ0n) is 9.28. The molecule has 0 aliphatic heterocycles. The Morgan fingerprint density at radius 2 is 1.82 bits per heavy atom. The predicted octanol–water partition coefficient (Wildman–Crippen LogP) is 1.17. The van der Waals surface area contributed by atoms with Crippen molar-refractivity contribution in [2.24, 2.45) is 11.8 Å². The third-order valence-electron chi connectivity index (χ3n) is 1.93. The maximum Gasteiger partial charge on any atom is 0.511 e. The molecule has 0 saturated heterocycles. The molecule has 0 bridgehead atoms. The van der Waals surface area contributed by atoms with E-state index in [4.69, 9.17) is 5.11 Å². The minimum atomic E-state index is -5.48. The topological polar surface area (TPSA) is 83.5 Å². The highest BCUT2D eigenvalue weighted by atomic mass is 32.2. The van der Waals surface area contributed by atoms with Crippen LogP contribution in [0.4, 0.5) is 13.2 Å². The standard InChI is InChI=1S/C8H14F3NO4S/c1-5(2)3-6(7(13)14)4-12-17(15,16)8(9,10)11/h5-6,12H,3-4H2,1-2H3,(H,13,14). The largest absolute Gasteiger partial charge is 0.511 e. The highest BCUT2D eigenvalue weighted by Gasteiger charge is 2.46. The van der Waals surface area contributed by atoms with Gasteiger partial charge in [-0.2, -0.15) is 13.2 Å². The summed E-state index contributed by atoms with van der Waals surface area (Å²) in [6, 6.07) is 0. The molecular formula is C8H14F3NO4S. The van der Waals surface area contributed by atoms with Crippen LogP contribution in [0.1, 0.15) is 20.3 Å². The number of hydrogen-bond donors (Lipinski definition) is 2. The zero-order chi connectivity index (χ0) is 13.9. The minimum absolute atomic E-state index is 0.0634. The third kappa shape index (κ3) is 5.35. The van der Waals surface area contributed by atoms with Gasteiger partial charge in [0.25, 0.3) is 0 Å². The second-order valence-corrected chi connectivity index (χ2v) is 5.72. The molecule has 0 fully saturated rings. The Balaban J connectivity index is 4.58. The van der Waals surface area contributed by atoms with Crippen LogP contribution in [0.25, 0.3) is 0 Å². The lowest BCUT2D eigenvalue weighted by Crippen LogP contribution is -2.40. The summed E-state index contributed by atoms with van der Waals surface area (Å²) < 4.78 is 58.4. The smallest absolute Gasteiger partial charge is 0.481 e. The van der Waals surface area contributed by atoms with Crippen molar-refractivity contribution in [2.45, 2.75) is 25.8 Å². The molecule has 0 saturated carbocycles. The summed E-state index contributed by atoms with van der Waals surface area (Å²) in [6.07, 6.45) is 0.0930. The van der Waals surface area contributed by atoms with Crippen LogP contribution in [0.15, 0.2) is 0 Å². The third-order valence-corrected chi connectivity index (χ3v) is 3.09. The van der Waals surface area contributed by atoms with Crippen molar-refractivity contribution in [2.75, 3.05) is 6.54 Å². The van der Waals surface area contributed by atoms with Crippen molar-refractivity contribution in [1.82, 2.24) is 4.72 Å². The molecule has 102 valence electrons. The lowest BCUT2D eigenvalue weighted by Gasteiger charge is -2.16. The van der Waals surface area contributed by atoms with E-state index in [2.05, 4.69) is 0 Å². The first-order valence-corrected chi connectivity index (χ1v) is 6.24. The Morgan fingerprint density at radius 1 is 1.35 bits per heavy atom. The van der Waals surface area contributed by atoms with E-state index < -0.39 is 34.0 Å². The van der Waals surface area contributed by atoms with E-state index in [1.54, 1.807) is 13.8 Å². The van der Waals surface area contributed by atoms with Crippen molar-refractivity contribution in [3.05, 3.63) is 0 Å². The van der Waals surface area contributed by atoms with Gasteiger partial charge in [0, 0.05) is 6.54 Å². The van der Waals surface area contributed by atoms with Gasteiger partial charge in [0.2, 0.25) is 0 Å². The molecular weight excluding hydrogens is 263 g/mol. The van der Waals surface area contributed by atoms with Crippen LogP contribution in [0.2, 0.25) is 0 Å². The van der Waals surface area contributed by atoms with Crippen LogP contribution in [0.5, 0.6) is 0 Å². The van der Waals surface area contributed by atoms with Crippen molar-refractivity contribution >= 4 is 16.0 Å². The van der Waals surface area contributed by atoms with Gasteiger partial charge in [-0.3, -0.25) is 4.79 Å². The van der Waals surface area contributed by atoms with E-state index in [1.807, 2.05) is 0 Å². The first-order valence-electron chi connectivity index (χ1n) is 4.76. The van der Waals surface area contributed by atoms with Gasteiger partial charge in [0.05, 0.1) is 5.92 Å². The monoisotopic (exact) mass is 277 g/mol. The maximum atomic E-state index is 11.9. The van der Waals surface area contributed by atoms with Gasteiger partial charge < -0.3 is 5.11 Å². The van der Waals surface area contributed by atoms with Gasteiger partial charge in [-0.25, -0.2) is 13.1 Å². The molecule has 0 rings (SSSR count). The number of sulfonamides is 1. The number of carboxylic acid groups (broad SMARTS) is 1. The van der Waals surface area contributed by atoms with Crippen molar-refractivity contribution in [3.8, 4) is 0 Å². The molecule has 9 heteroatoms. The predicted molar refractivity (Wildman–Crippen MR) is 53.6 cm³/mol. The van der Waals surface area contributed by atoms with Gasteiger partial charge in [-0.15, -0.1) is 0 Å². The lowest BCUT2D eigenvalue weighted by molar-refractivity contribution is -0.142. The van der Waals surface area contributed by atoms with Gasteiger partial charge in [0.15, 0.2) is 0 Å². The number of carbonyl (C=O) groups is 1. The number of nitrogens with one attached hydrogen (secondary N) is 1. The number of hydrogen-bond acceptors (Lipinski definition) is 3. The molecule has 0 amide bonds. The molecule has 17 heavy (non-hydrogen) atoms. The normalized spacial score (nSPS) is 14.9. The number of aliphatic carboxylic acids is 1. The second-order valence-electron chi connectivity index (χ2n) is 3.96. The Labute approximate surface area is 97.1 Å². The average Bonchev–Trinajstić information content (AvgIpc) is 2.09. The Kier molecular flexibility index (Phi) is 5.40. The van der Waals surface area contributed by atoms with Gasteiger partial charge in [-0.05, 0) is 12.3 Å². The quantitative estimate of drug-likeness (QED) is 0.763.